The van der Waals surface area contributed by atoms with Gasteiger partial charge < -0.3 is 4.98 Å². The number of rotatable bonds is 0. The normalized spacial score (nSPS) is 18.9. The van der Waals surface area contributed by atoms with Crippen molar-refractivity contribution < 1.29 is 4.79 Å². The molecule has 4 nitrogen and oxygen atoms in total. The molecule has 0 saturated carbocycles. The van der Waals surface area contributed by atoms with E-state index in [0.29, 0.717) is 0 Å². The van der Waals surface area contributed by atoms with Gasteiger partial charge in [-0.3, -0.25) is 14.7 Å². The zero-order valence-corrected chi connectivity index (χ0v) is 10.2. The van der Waals surface area contributed by atoms with Gasteiger partial charge in [0.05, 0.1) is 5.71 Å². The Labute approximate surface area is 104 Å². The third kappa shape index (κ3) is 1.18. The smallest absolute Gasteiger partial charge is 0.184 e. The summed E-state index contributed by atoms with van der Waals surface area (Å²) in [6.45, 7) is 1.98. The quantitative estimate of drug-likeness (QED) is 0.759. The van der Waals surface area contributed by atoms with Gasteiger partial charge in [0.2, 0.25) is 0 Å². The second kappa shape index (κ2) is 3.29. The van der Waals surface area contributed by atoms with E-state index in [-0.39, 0.29) is 12.3 Å². The summed E-state index contributed by atoms with van der Waals surface area (Å²) in [5, 5.41) is 1.07. The number of ketones is 1. The highest BCUT2D eigenvalue weighted by Crippen LogP contribution is 2.32. The SMILES string of the molecule is CN1CC2=NCC(=O)c3cccc4[nH]c(c2c34)C1. The van der Waals surface area contributed by atoms with Crippen LogP contribution in [0.5, 0.6) is 0 Å². The molecule has 2 aliphatic rings. The van der Waals surface area contributed by atoms with Crippen molar-refractivity contribution in [1.82, 2.24) is 9.88 Å². The van der Waals surface area contributed by atoms with Crippen LogP contribution >= 0.6 is 0 Å². The van der Waals surface area contributed by atoms with Crippen molar-refractivity contribution in [3.05, 3.63) is 35.0 Å². The lowest BCUT2D eigenvalue weighted by Crippen LogP contribution is -2.32. The maximum Gasteiger partial charge on any atom is 0.184 e. The Balaban J connectivity index is 2.17. The summed E-state index contributed by atoms with van der Waals surface area (Å²) >= 11 is 0. The van der Waals surface area contributed by atoms with Crippen molar-refractivity contribution in [2.75, 3.05) is 20.1 Å². The molecule has 2 aromatic rings. The number of hydrogen-bond acceptors (Lipinski definition) is 3. The van der Waals surface area contributed by atoms with Crippen LogP contribution < -0.4 is 0 Å². The number of aromatic amines is 1. The number of hydrogen-bond donors (Lipinski definition) is 1. The monoisotopic (exact) mass is 239 g/mol. The fourth-order valence-corrected chi connectivity index (χ4v) is 3.01. The number of aliphatic imine (C=N–C) groups is 1. The van der Waals surface area contributed by atoms with Crippen LogP contribution in [0, 0.1) is 0 Å². The molecule has 4 rings (SSSR count). The van der Waals surface area contributed by atoms with Crippen molar-refractivity contribution in [2.45, 2.75) is 6.54 Å². The molecule has 0 amide bonds. The number of carbonyl (C=O) groups excluding carboxylic acids is 1. The summed E-state index contributed by atoms with van der Waals surface area (Å²) in [4.78, 5) is 22.3. The van der Waals surface area contributed by atoms with Gasteiger partial charge in [-0.15, -0.1) is 0 Å². The molecule has 0 saturated heterocycles. The van der Waals surface area contributed by atoms with Crippen LogP contribution in [0.25, 0.3) is 10.9 Å². The number of benzene rings is 1. The molecule has 2 aliphatic heterocycles. The van der Waals surface area contributed by atoms with Gasteiger partial charge in [0.1, 0.15) is 6.54 Å². The second-order valence-electron chi connectivity index (χ2n) is 5.07. The van der Waals surface area contributed by atoms with Crippen LogP contribution in [0.3, 0.4) is 0 Å². The Morgan fingerprint density at radius 1 is 1.33 bits per heavy atom. The number of nitrogens with one attached hydrogen (secondary N) is 1. The Morgan fingerprint density at radius 2 is 2.22 bits per heavy atom. The minimum Gasteiger partial charge on any atom is -0.357 e. The highest BCUT2D eigenvalue weighted by Gasteiger charge is 2.28. The maximum absolute atomic E-state index is 12.1. The van der Waals surface area contributed by atoms with E-state index in [1.807, 2.05) is 18.2 Å². The molecule has 0 bridgehead atoms. The van der Waals surface area contributed by atoms with Gasteiger partial charge in [-0.1, -0.05) is 12.1 Å². The van der Waals surface area contributed by atoms with Crippen LogP contribution in [0.1, 0.15) is 21.6 Å². The summed E-state index contributed by atoms with van der Waals surface area (Å²) in [5.74, 6) is 0.118. The van der Waals surface area contributed by atoms with Crippen LogP contribution in [-0.4, -0.2) is 41.5 Å². The van der Waals surface area contributed by atoms with Gasteiger partial charge in [0.15, 0.2) is 5.78 Å². The molecule has 0 atom stereocenters. The zero-order valence-electron chi connectivity index (χ0n) is 10.2. The van der Waals surface area contributed by atoms with Crippen LogP contribution in [0.4, 0.5) is 0 Å². The standard InChI is InChI=1S/C14H13N3O/c1-17-6-10-14-11(7-17)16-9-4-2-3-8(13(9)14)12(18)5-15-10/h2-4,16H,5-7H2,1H3. The predicted molar refractivity (Wildman–Crippen MR) is 70.4 cm³/mol. The third-order valence-electron chi connectivity index (χ3n) is 3.75. The van der Waals surface area contributed by atoms with Crippen LogP contribution in [-0.2, 0) is 6.54 Å². The van der Waals surface area contributed by atoms with Crippen molar-refractivity contribution in [2.24, 2.45) is 4.99 Å². The fourth-order valence-electron chi connectivity index (χ4n) is 3.01. The Morgan fingerprint density at radius 3 is 3.11 bits per heavy atom. The zero-order chi connectivity index (χ0) is 12.3. The maximum atomic E-state index is 12.1. The Kier molecular flexibility index (Phi) is 1.84. The fraction of sp³-hybridized carbons (Fsp3) is 0.286. The van der Waals surface area contributed by atoms with Gasteiger partial charge in [-0.2, -0.15) is 0 Å². The molecule has 0 aliphatic carbocycles. The van der Waals surface area contributed by atoms with Gasteiger partial charge in [-0.25, -0.2) is 0 Å². The molecule has 0 fully saturated rings. The average molecular weight is 239 g/mol. The predicted octanol–water partition coefficient (Wildman–Crippen LogP) is 1.60. The summed E-state index contributed by atoms with van der Waals surface area (Å²) in [7, 11) is 2.07. The lowest BCUT2D eigenvalue weighted by molar-refractivity contribution is 0.100. The third-order valence-corrected chi connectivity index (χ3v) is 3.75. The molecule has 1 N–H and O–H groups in total. The first-order valence-electron chi connectivity index (χ1n) is 6.13. The molecule has 3 heterocycles. The first-order valence-corrected chi connectivity index (χ1v) is 6.13. The lowest BCUT2D eigenvalue weighted by atomic mass is 9.98. The van der Waals surface area contributed by atoms with E-state index in [1.165, 1.54) is 11.3 Å². The van der Waals surface area contributed by atoms with E-state index in [2.05, 4.69) is 21.9 Å². The van der Waals surface area contributed by atoms with Crippen LogP contribution in [0.2, 0.25) is 0 Å². The van der Waals surface area contributed by atoms with Crippen molar-refractivity contribution in [1.29, 1.82) is 0 Å². The number of Topliss-reactive ketones (excluding diaryl/α,β-unsaturated/α-hetero) is 1. The van der Waals surface area contributed by atoms with Gasteiger partial charge in [0, 0.05) is 40.8 Å². The highest BCUT2D eigenvalue weighted by molar-refractivity contribution is 6.22. The van der Waals surface area contributed by atoms with Crippen molar-refractivity contribution in [3.63, 3.8) is 0 Å². The molecular formula is C14H13N3O. The van der Waals surface area contributed by atoms with Gasteiger partial charge in [0.25, 0.3) is 0 Å². The minimum absolute atomic E-state index is 0.118. The largest absolute Gasteiger partial charge is 0.357 e. The number of aromatic nitrogens is 1. The van der Waals surface area contributed by atoms with Crippen molar-refractivity contribution in [3.8, 4) is 0 Å². The number of nitrogens with zero attached hydrogens (tertiary/aromatic N) is 2. The summed E-state index contributed by atoms with van der Waals surface area (Å²) < 4.78 is 0. The van der Waals surface area contributed by atoms with Gasteiger partial charge >= 0.3 is 0 Å². The average Bonchev–Trinajstić information content (AvgIpc) is 2.65. The molecule has 1 aromatic heterocycles. The van der Waals surface area contributed by atoms with E-state index in [1.54, 1.807) is 0 Å². The summed E-state index contributed by atoms with van der Waals surface area (Å²) in [5.41, 5.74) is 5.26. The highest BCUT2D eigenvalue weighted by atomic mass is 16.1. The lowest BCUT2D eigenvalue weighted by Gasteiger charge is -2.23. The molecule has 0 unspecified atom stereocenters. The van der Waals surface area contributed by atoms with E-state index in [4.69, 9.17) is 0 Å². The van der Waals surface area contributed by atoms with E-state index in [9.17, 15) is 4.79 Å². The number of H-pyrrole nitrogens is 1. The van der Waals surface area contributed by atoms with Crippen molar-refractivity contribution >= 4 is 22.4 Å². The Bertz CT molecular complexity index is 711. The molecule has 0 radical (unpaired) electrons. The van der Waals surface area contributed by atoms with E-state index >= 15 is 0 Å². The first-order chi connectivity index (χ1) is 8.74. The van der Waals surface area contributed by atoms with E-state index < -0.39 is 0 Å². The molecule has 18 heavy (non-hydrogen) atoms. The topological polar surface area (TPSA) is 48.5 Å². The molecule has 90 valence electrons. The first kappa shape index (κ1) is 10.0. The van der Waals surface area contributed by atoms with Crippen LogP contribution in [0.15, 0.2) is 23.2 Å². The number of likely N-dealkylation sites (N-methyl/N-ethyl adjacent to an activating group) is 1. The minimum atomic E-state index is 0.118. The summed E-state index contributed by atoms with van der Waals surface area (Å²) in [6, 6.07) is 5.88. The Hall–Kier alpha value is -1.94. The molecule has 1 aromatic carbocycles. The van der Waals surface area contributed by atoms with E-state index in [0.717, 1.165) is 35.3 Å². The number of carbonyl (C=O) groups is 1. The second-order valence-corrected chi connectivity index (χ2v) is 5.07. The molecule has 4 heteroatoms. The molecular weight excluding hydrogens is 226 g/mol. The van der Waals surface area contributed by atoms with Gasteiger partial charge in [-0.05, 0) is 13.1 Å². The molecule has 0 spiro atoms. The summed E-state index contributed by atoms with van der Waals surface area (Å²) in [6.07, 6.45) is 0.